The van der Waals surface area contributed by atoms with Crippen LogP contribution in [-0.2, 0) is 9.53 Å². The topological polar surface area (TPSA) is 97.6 Å². The number of hydrogen-bond donors (Lipinski definition) is 1. The zero-order chi connectivity index (χ0) is 25.1. The van der Waals surface area contributed by atoms with Crippen LogP contribution in [0, 0.1) is 5.92 Å². The van der Waals surface area contributed by atoms with Crippen molar-refractivity contribution in [1.29, 1.82) is 0 Å². The third-order valence-corrected chi connectivity index (χ3v) is 7.78. The number of ether oxygens (including phenoxy) is 1. The smallest absolute Gasteiger partial charge is 0.328 e. The summed E-state index contributed by atoms with van der Waals surface area (Å²) in [5.74, 6) is 0.323. The summed E-state index contributed by atoms with van der Waals surface area (Å²) in [6.07, 6.45) is 1.58. The number of thiazole rings is 1. The lowest BCUT2D eigenvalue weighted by molar-refractivity contribution is -0.144. The molecule has 2 aromatic heterocycles. The fourth-order valence-corrected chi connectivity index (χ4v) is 5.23. The van der Waals surface area contributed by atoms with Crippen molar-refractivity contribution in [1.82, 2.24) is 20.4 Å². The molecule has 1 fully saturated rings. The van der Waals surface area contributed by atoms with Crippen LogP contribution in [0.3, 0.4) is 0 Å². The first-order chi connectivity index (χ1) is 16.8. The first-order valence-corrected chi connectivity index (χ1v) is 12.9. The summed E-state index contributed by atoms with van der Waals surface area (Å²) < 4.78 is 10.3. The zero-order valence-electron chi connectivity index (χ0n) is 19.6. The van der Waals surface area contributed by atoms with E-state index < -0.39 is 12.0 Å². The molecule has 35 heavy (non-hydrogen) atoms. The molecule has 8 nitrogen and oxygen atoms in total. The number of halogens is 2. The van der Waals surface area contributed by atoms with Crippen LogP contribution in [0.5, 0.6) is 0 Å². The number of methoxy groups -OCH3 is 1. The summed E-state index contributed by atoms with van der Waals surface area (Å²) in [5, 5.41) is 10.8. The number of nitrogens with one attached hydrogen (secondary N) is 1. The van der Waals surface area contributed by atoms with Gasteiger partial charge in [0.2, 0.25) is 0 Å². The van der Waals surface area contributed by atoms with Crippen LogP contribution in [0.25, 0.3) is 22.7 Å². The van der Waals surface area contributed by atoms with E-state index in [4.69, 9.17) is 37.4 Å². The molecule has 1 aliphatic rings. The van der Waals surface area contributed by atoms with Gasteiger partial charge < -0.3 is 19.5 Å². The number of carbonyl (C=O) groups is 2. The quantitative estimate of drug-likeness (QED) is 0.396. The molecule has 1 aliphatic heterocycles. The summed E-state index contributed by atoms with van der Waals surface area (Å²) in [6, 6.07) is 6.22. The maximum absolute atomic E-state index is 12.7. The van der Waals surface area contributed by atoms with Crippen molar-refractivity contribution in [3.8, 4) is 22.7 Å². The monoisotopic (exact) mass is 536 g/mol. The molecule has 186 valence electrons. The average molecular weight is 537 g/mol. The Labute approximate surface area is 217 Å². The summed E-state index contributed by atoms with van der Waals surface area (Å²) >= 11 is 13.7. The number of aromatic nitrogens is 2. The van der Waals surface area contributed by atoms with Gasteiger partial charge in [0.05, 0.1) is 22.2 Å². The fraction of sp³-hybridized carbons (Fsp3) is 0.417. The maximum Gasteiger partial charge on any atom is 0.328 e. The van der Waals surface area contributed by atoms with Gasteiger partial charge in [0.1, 0.15) is 17.4 Å². The largest absolute Gasteiger partial charge is 0.467 e. The number of nitrogens with zero attached hydrogens (tertiary/aromatic N) is 3. The van der Waals surface area contributed by atoms with Crippen LogP contribution in [0.2, 0.25) is 10.0 Å². The van der Waals surface area contributed by atoms with Crippen molar-refractivity contribution in [3.63, 3.8) is 0 Å². The van der Waals surface area contributed by atoms with E-state index in [1.807, 2.05) is 31.4 Å². The van der Waals surface area contributed by atoms with Gasteiger partial charge in [-0.25, -0.2) is 14.6 Å². The van der Waals surface area contributed by atoms with Crippen molar-refractivity contribution < 1.29 is 18.8 Å². The van der Waals surface area contributed by atoms with Crippen LogP contribution in [0.1, 0.15) is 37.6 Å². The Morgan fingerprint density at radius 2 is 1.91 bits per heavy atom. The van der Waals surface area contributed by atoms with Gasteiger partial charge in [-0.1, -0.05) is 48.3 Å². The van der Waals surface area contributed by atoms with Crippen LogP contribution in [0.4, 0.5) is 4.79 Å². The highest BCUT2D eigenvalue weighted by molar-refractivity contribution is 7.10. The second kappa shape index (κ2) is 11.0. The lowest BCUT2D eigenvalue weighted by atomic mass is 9.97. The van der Waals surface area contributed by atoms with E-state index in [0.717, 1.165) is 29.1 Å². The van der Waals surface area contributed by atoms with Gasteiger partial charge in [-0.15, -0.1) is 11.3 Å². The molecule has 3 aromatic rings. The van der Waals surface area contributed by atoms with Gasteiger partial charge >= 0.3 is 12.0 Å². The average Bonchev–Trinajstić information content (AvgIpc) is 3.54. The Morgan fingerprint density at radius 1 is 1.17 bits per heavy atom. The first kappa shape index (κ1) is 25.5. The third-order valence-electron chi connectivity index (χ3n) is 6.03. The number of benzene rings is 1. The van der Waals surface area contributed by atoms with E-state index >= 15 is 0 Å². The summed E-state index contributed by atoms with van der Waals surface area (Å²) in [4.78, 5) is 31.2. The molecule has 1 saturated heterocycles. The molecule has 3 heterocycles. The van der Waals surface area contributed by atoms with Gasteiger partial charge in [-0.2, -0.15) is 0 Å². The molecule has 1 N–H and O–H groups in total. The lowest BCUT2D eigenvalue weighted by Crippen LogP contribution is -2.52. The van der Waals surface area contributed by atoms with E-state index in [9.17, 15) is 9.59 Å². The van der Waals surface area contributed by atoms with E-state index in [0.29, 0.717) is 34.6 Å². The number of rotatable bonds is 6. The van der Waals surface area contributed by atoms with Crippen molar-refractivity contribution in [2.45, 2.75) is 38.6 Å². The van der Waals surface area contributed by atoms with E-state index in [-0.39, 0.29) is 17.9 Å². The fourth-order valence-electron chi connectivity index (χ4n) is 3.95. The van der Waals surface area contributed by atoms with Crippen LogP contribution >= 0.6 is 34.5 Å². The van der Waals surface area contributed by atoms with Crippen molar-refractivity contribution >= 4 is 46.5 Å². The molecule has 0 saturated carbocycles. The SMILES string of the molecule is COC(=O)C(NC(=O)N1CCC(c2nc(-c3cc(-c4ccc(Cl)c(Cl)c4)no3)cs2)CC1)C(C)C. The van der Waals surface area contributed by atoms with Gasteiger partial charge in [0.15, 0.2) is 5.76 Å². The number of carbonyl (C=O) groups excluding carboxylic acids is 2. The Kier molecular flexibility index (Phi) is 7.98. The molecule has 0 radical (unpaired) electrons. The second-order valence-corrected chi connectivity index (χ2v) is 10.4. The number of piperidine rings is 1. The minimum Gasteiger partial charge on any atom is -0.467 e. The number of esters is 1. The van der Waals surface area contributed by atoms with Crippen LogP contribution in [-0.4, -0.2) is 53.3 Å². The molecular formula is C24H26Cl2N4O4S. The van der Waals surface area contributed by atoms with Crippen LogP contribution in [0.15, 0.2) is 34.2 Å². The van der Waals surface area contributed by atoms with E-state index in [1.165, 1.54) is 7.11 Å². The molecule has 1 atom stereocenters. The van der Waals surface area contributed by atoms with Crippen molar-refractivity contribution in [2.75, 3.05) is 20.2 Å². The molecule has 2 amide bonds. The lowest BCUT2D eigenvalue weighted by Gasteiger charge is -2.32. The zero-order valence-corrected chi connectivity index (χ0v) is 21.9. The normalized spacial score (nSPS) is 15.3. The number of likely N-dealkylation sites (tertiary alicyclic amines) is 1. The van der Waals surface area contributed by atoms with Gasteiger partial charge in [-0.05, 0) is 30.9 Å². The summed E-state index contributed by atoms with van der Waals surface area (Å²) in [5.41, 5.74) is 2.18. The minimum absolute atomic E-state index is 0.0639. The standard InChI is InChI=1S/C24H26Cl2N4O4S/c1-13(2)21(23(31)33-3)28-24(32)30-8-6-14(7-9-30)22-27-19(12-35-22)20-11-18(29-34-20)15-4-5-16(25)17(26)10-15/h4-5,10-14,21H,6-9H2,1-3H3,(H,28,32). The first-order valence-electron chi connectivity index (χ1n) is 11.3. The molecule has 4 rings (SSSR count). The Bertz CT molecular complexity index is 1200. The van der Waals surface area contributed by atoms with E-state index in [2.05, 4.69) is 10.5 Å². The molecule has 1 aromatic carbocycles. The van der Waals surface area contributed by atoms with Gasteiger partial charge in [0, 0.05) is 36.0 Å². The summed E-state index contributed by atoms with van der Waals surface area (Å²) in [7, 11) is 1.32. The minimum atomic E-state index is -0.664. The maximum atomic E-state index is 12.7. The Morgan fingerprint density at radius 3 is 2.57 bits per heavy atom. The highest BCUT2D eigenvalue weighted by Gasteiger charge is 2.30. The third kappa shape index (κ3) is 5.79. The molecule has 0 aliphatic carbocycles. The number of hydrogen-bond acceptors (Lipinski definition) is 7. The highest BCUT2D eigenvalue weighted by Crippen LogP contribution is 2.35. The Hall–Kier alpha value is -2.62. The van der Waals surface area contributed by atoms with E-state index in [1.54, 1.807) is 28.4 Å². The summed E-state index contributed by atoms with van der Waals surface area (Å²) in [6.45, 7) is 4.91. The van der Waals surface area contributed by atoms with Gasteiger partial charge in [0.25, 0.3) is 0 Å². The Balaban J connectivity index is 1.37. The van der Waals surface area contributed by atoms with Crippen molar-refractivity contribution in [3.05, 3.63) is 44.7 Å². The van der Waals surface area contributed by atoms with Gasteiger partial charge in [-0.3, -0.25) is 0 Å². The van der Waals surface area contributed by atoms with Crippen molar-refractivity contribution in [2.24, 2.45) is 5.92 Å². The molecule has 0 spiro atoms. The number of amides is 2. The highest BCUT2D eigenvalue weighted by atomic mass is 35.5. The molecule has 0 bridgehead atoms. The predicted octanol–water partition coefficient (Wildman–Crippen LogP) is 5.86. The number of urea groups is 1. The predicted molar refractivity (Wildman–Crippen MR) is 136 cm³/mol. The molecular weight excluding hydrogens is 511 g/mol. The molecule has 1 unspecified atom stereocenters. The molecule has 11 heteroatoms. The van der Waals surface area contributed by atoms with Crippen LogP contribution < -0.4 is 5.32 Å². The second-order valence-electron chi connectivity index (χ2n) is 8.73.